The Hall–Kier alpha value is -3.17. The van der Waals surface area contributed by atoms with E-state index < -0.39 is 5.97 Å². The number of methoxy groups -OCH3 is 2. The van der Waals surface area contributed by atoms with Crippen molar-refractivity contribution >= 4 is 52.2 Å². The second kappa shape index (κ2) is 11.8. The fraction of sp³-hybridized carbons (Fsp3) is 0.292. The molecule has 10 heteroatoms. The molecule has 2 aromatic rings. The standard InChI is InChI=1S/C24H25ClN2O6S/c1-5-32-20-9-7-15(12-21(20)31-4)11-18-23(29)27(16-8-10-19(30-3)17(25)13-16)24(26-18)34-14-22(28)33-6-2/h7-13H,5-6,14H2,1-4H3. The van der Waals surface area contributed by atoms with Crippen molar-refractivity contribution in [3.05, 3.63) is 52.7 Å². The lowest BCUT2D eigenvalue weighted by Gasteiger charge is -2.18. The smallest absolute Gasteiger partial charge is 0.316 e. The fourth-order valence-corrected chi connectivity index (χ4v) is 4.21. The predicted octanol–water partition coefficient (Wildman–Crippen LogP) is 4.80. The molecule has 1 aliphatic heterocycles. The molecule has 0 atom stereocenters. The summed E-state index contributed by atoms with van der Waals surface area (Å²) in [5, 5.41) is 0.680. The number of carbonyl (C=O) groups excluding carboxylic acids is 2. The summed E-state index contributed by atoms with van der Waals surface area (Å²) in [6.07, 6.45) is 1.65. The maximum absolute atomic E-state index is 13.4. The number of hydrogen-bond donors (Lipinski definition) is 0. The molecule has 1 aliphatic rings. The van der Waals surface area contributed by atoms with Gasteiger partial charge in [-0.2, -0.15) is 0 Å². The molecule has 0 fully saturated rings. The highest BCUT2D eigenvalue weighted by atomic mass is 35.5. The Balaban J connectivity index is 1.97. The zero-order valence-electron chi connectivity index (χ0n) is 19.3. The largest absolute Gasteiger partial charge is 0.495 e. The number of halogens is 1. The maximum atomic E-state index is 13.4. The number of anilines is 1. The summed E-state index contributed by atoms with van der Waals surface area (Å²) in [4.78, 5) is 31.2. The van der Waals surface area contributed by atoms with E-state index >= 15 is 0 Å². The van der Waals surface area contributed by atoms with E-state index in [2.05, 4.69) is 4.99 Å². The lowest BCUT2D eigenvalue weighted by molar-refractivity contribution is -0.139. The van der Waals surface area contributed by atoms with Crippen LogP contribution in [-0.4, -0.2) is 50.2 Å². The Kier molecular flexibility index (Phi) is 8.84. The number of benzene rings is 2. The molecule has 8 nitrogen and oxygen atoms in total. The van der Waals surface area contributed by atoms with Crippen molar-refractivity contribution in [3.63, 3.8) is 0 Å². The number of hydrogen-bond acceptors (Lipinski definition) is 8. The van der Waals surface area contributed by atoms with Gasteiger partial charge in [-0.1, -0.05) is 29.4 Å². The summed E-state index contributed by atoms with van der Waals surface area (Å²) in [6, 6.07) is 10.3. The van der Waals surface area contributed by atoms with Crippen LogP contribution >= 0.6 is 23.4 Å². The Morgan fingerprint density at radius 2 is 1.79 bits per heavy atom. The van der Waals surface area contributed by atoms with E-state index in [1.54, 1.807) is 50.4 Å². The van der Waals surface area contributed by atoms with Crippen LogP contribution in [0.4, 0.5) is 5.69 Å². The maximum Gasteiger partial charge on any atom is 0.316 e. The second-order valence-corrected chi connectivity index (χ2v) is 8.17. The zero-order chi connectivity index (χ0) is 24.7. The average molecular weight is 505 g/mol. The molecule has 0 unspecified atom stereocenters. The molecular formula is C24H25ClN2O6S. The first-order chi connectivity index (χ1) is 16.4. The number of esters is 1. The fourth-order valence-electron chi connectivity index (χ4n) is 3.15. The number of ether oxygens (including phenoxy) is 4. The quantitative estimate of drug-likeness (QED) is 0.358. The Morgan fingerprint density at radius 1 is 1.06 bits per heavy atom. The van der Waals surface area contributed by atoms with Crippen LogP contribution in [0.3, 0.4) is 0 Å². The van der Waals surface area contributed by atoms with E-state index in [1.165, 1.54) is 12.0 Å². The molecular weight excluding hydrogens is 480 g/mol. The van der Waals surface area contributed by atoms with Crippen LogP contribution in [0.25, 0.3) is 6.08 Å². The van der Waals surface area contributed by atoms with E-state index in [1.807, 2.05) is 13.0 Å². The summed E-state index contributed by atoms with van der Waals surface area (Å²) in [5.74, 6) is 0.871. The highest BCUT2D eigenvalue weighted by Gasteiger charge is 2.33. The molecule has 0 spiro atoms. The van der Waals surface area contributed by atoms with Crippen LogP contribution in [0.1, 0.15) is 19.4 Å². The Bertz CT molecular complexity index is 1130. The zero-order valence-corrected chi connectivity index (χ0v) is 20.9. The van der Waals surface area contributed by atoms with Gasteiger partial charge in [0.1, 0.15) is 11.4 Å². The molecule has 34 heavy (non-hydrogen) atoms. The van der Waals surface area contributed by atoms with Crippen LogP contribution in [0.15, 0.2) is 47.1 Å². The van der Waals surface area contributed by atoms with Gasteiger partial charge in [0.05, 0.1) is 43.9 Å². The minimum absolute atomic E-state index is 0.00446. The van der Waals surface area contributed by atoms with E-state index in [0.717, 1.165) is 11.8 Å². The van der Waals surface area contributed by atoms with Gasteiger partial charge in [-0.3, -0.25) is 14.5 Å². The molecule has 0 saturated heterocycles. The van der Waals surface area contributed by atoms with Crippen molar-refractivity contribution in [1.82, 2.24) is 0 Å². The van der Waals surface area contributed by atoms with E-state index in [-0.39, 0.29) is 24.0 Å². The highest BCUT2D eigenvalue weighted by molar-refractivity contribution is 8.14. The third-order valence-corrected chi connectivity index (χ3v) is 5.85. The van der Waals surface area contributed by atoms with Gasteiger partial charge >= 0.3 is 5.97 Å². The number of amidine groups is 1. The van der Waals surface area contributed by atoms with Crippen molar-refractivity contribution in [2.75, 3.05) is 38.1 Å². The molecule has 0 aromatic heterocycles. The first-order valence-corrected chi connectivity index (χ1v) is 11.9. The van der Waals surface area contributed by atoms with Gasteiger partial charge in [0.15, 0.2) is 16.7 Å². The van der Waals surface area contributed by atoms with Crippen LogP contribution in [0.5, 0.6) is 17.2 Å². The lowest BCUT2D eigenvalue weighted by Crippen LogP contribution is -2.31. The summed E-state index contributed by atoms with van der Waals surface area (Å²) >= 11 is 7.39. The van der Waals surface area contributed by atoms with Crippen LogP contribution in [-0.2, 0) is 14.3 Å². The third-order valence-electron chi connectivity index (χ3n) is 4.64. The predicted molar refractivity (Wildman–Crippen MR) is 134 cm³/mol. The number of rotatable bonds is 9. The monoisotopic (exact) mass is 504 g/mol. The molecule has 1 heterocycles. The van der Waals surface area contributed by atoms with Crippen LogP contribution in [0.2, 0.25) is 5.02 Å². The third kappa shape index (κ3) is 5.84. The molecule has 1 amide bonds. The minimum Gasteiger partial charge on any atom is -0.495 e. The Morgan fingerprint density at radius 3 is 2.44 bits per heavy atom. The number of carbonyl (C=O) groups is 2. The molecule has 0 saturated carbocycles. The van der Waals surface area contributed by atoms with Gasteiger partial charge in [0, 0.05) is 0 Å². The minimum atomic E-state index is -0.399. The van der Waals surface area contributed by atoms with Gasteiger partial charge in [0.25, 0.3) is 5.91 Å². The number of amides is 1. The molecule has 0 N–H and O–H groups in total. The number of nitrogens with zero attached hydrogens (tertiary/aromatic N) is 2. The molecule has 0 aliphatic carbocycles. The van der Waals surface area contributed by atoms with Crippen molar-refractivity contribution in [1.29, 1.82) is 0 Å². The molecule has 3 rings (SSSR count). The molecule has 2 aromatic carbocycles. The molecule has 0 radical (unpaired) electrons. The number of thioether (sulfide) groups is 1. The lowest BCUT2D eigenvalue weighted by atomic mass is 10.1. The SMILES string of the molecule is CCOC(=O)CSC1=NC(=Cc2ccc(OCC)c(OC)c2)C(=O)N1c1ccc(OC)c(Cl)c1. The van der Waals surface area contributed by atoms with Crippen LogP contribution in [0, 0.1) is 0 Å². The normalized spacial score (nSPS) is 14.3. The van der Waals surface area contributed by atoms with Gasteiger partial charge in [-0.25, -0.2) is 4.99 Å². The average Bonchev–Trinajstić information content (AvgIpc) is 3.13. The first kappa shape index (κ1) is 25.5. The van der Waals surface area contributed by atoms with Crippen molar-refractivity contribution in [3.8, 4) is 17.2 Å². The van der Waals surface area contributed by atoms with Gasteiger partial charge in [0.2, 0.25) is 0 Å². The van der Waals surface area contributed by atoms with E-state index in [9.17, 15) is 9.59 Å². The first-order valence-electron chi connectivity index (χ1n) is 10.5. The van der Waals surface area contributed by atoms with Crippen molar-refractivity contribution < 1.29 is 28.5 Å². The van der Waals surface area contributed by atoms with Gasteiger partial charge in [-0.15, -0.1) is 0 Å². The highest BCUT2D eigenvalue weighted by Crippen LogP contribution is 2.35. The molecule has 180 valence electrons. The second-order valence-electron chi connectivity index (χ2n) is 6.82. The van der Waals surface area contributed by atoms with E-state index in [0.29, 0.717) is 45.3 Å². The summed E-state index contributed by atoms with van der Waals surface area (Å²) in [5.41, 5.74) is 1.40. The van der Waals surface area contributed by atoms with Crippen molar-refractivity contribution in [2.24, 2.45) is 4.99 Å². The number of aliphatic imine (C=N–C) groups is 1. The summed E-state index contributed by atoms with van der Waals surface area (Å²) in [7, 11) is 3.06. The van der Waals surface area contributed by atoms with Gasteiger partial charge < -0.3 is 18.9 Å². The van der Waals surface area contributed by atoms with Crippen molar-refractivity contribution in [2.45, 2.75) is 13.8 Å². The van der Waals surface area contributed by atoms with Crippen LogP contribution < -0.4 is 19.1 Å². The Labute approximate surface area is 207 Å². The molecule has 0 bridgehead atoms. The van der Waals surface area contributed by atoms with Gasteiger partial charge in [-0.05, 0) is 55.8 Å². The summed E-state index contributed by atoms with van der Waals surface area (Å²) < 4.78 is 21.2. The van der Waals surface area contributed by atoms with E-state index in [4.69, 9.17) is 30.5 Å². The topological polar surface area (TPSA) is 86.7 Å². The summed E-state index contributed by atoms with van der Waals surface area (Å²) in [6.45, 7) is 4.39.